The Morgan fingerprint density at radius 2 is 1.45 bits per heavy atom. The van der Waals surface area contributed by atoms with E-state index in [2.05, 4.69) is 75.5 Å². The lowest BCUT2D eigenvalue weighted by atomic mass is 10.0. The largest absolute Gasteiger partial charge is 0.306 e. The summed E-state index contributed by atoms with van der Waals surface area (Å²) < 4.78 is 0. The lowest BCUT2D eigenvalue weighted by Gasteiger charge is -2.18. The highest BCUT2D eigenvalue weighted by Crippen LogP contribution is 2.18. The van der Waals surface area contributed by atoms with Crippen molar-refractivity contribution >= 4 is 0 Å². The molecule has 1 unspecified atom stereocenters. The molecule has 1 N–H and O–H groups in total. The van der Waals surface area contributed by atoms with Gasteiger partial charge >= 0.3 is 0 Å². The summed E-state index contributed by atoms with van der Waals surface area (Å²) in [5.74, 6) is 0. The number of hydrogen-bond acceptors (Lipinski definition) is 1. The second kappa shape index (κ2) is 6.71. The van der Waals surface area contributed by atoms with Gasteiger partial charge in [0.05, 0.1) is 0 Å². The Kier molecular flexibility index (Phi) is 4.97. The topological polar surface area (TPSA) is 12.0 Å². The summed E-state index contributed by atoms with van der Waals surface area (Å²) in [5.41, 5.74) is 6.74. The molecule has 2 rings (SSSR count). The van der Waals surface area contributed by atoms with Gasteiger partial charge < -0.3 is 5.32 Å². The van der Waals surface area contributed by atoms with Crippen LogP contribution in [-0.4, -0.2) is 0 Å². The fraction of sp³-hybridized carbons (Fsp3) is 0.368. The highest BCUT2D eigenvalue weighted by molar-refractivity contribution is 5.29. The molecule has 0 aliphatic rings. The standard InChI is InChI=1S/C19H25N/c1-5-19(18-8-6-14(2)7-9-18)20-13-17-11-15(3)10-16(4)12-17/h6-12,19-20H,5,13H2,1-4H3. The molecule has 0 bridgehead atoms. The predicted octanol–water partition coefficient (Wildman–Crippen LogP) is 4.85. The maximum Gasteiger partial charge on any atom is 0.0320 e. The number of rotatable bonds is 5. The monoisotopic (exact) mass is 267 g/mol. The molecule has 0 radical (unpaired) electrons. The predicted molar refractivity (Wildman–Crippen MR) is 87.0 cm³/mol. The third-order valence-corrected chi connectivity index (χ3v) is 3.72. The third-order valence-electron chi connectivity index (χ3n) is 3.72. The van der Waals surface area contributed by atoms with Gasteiger partial charge in [-0.2, -0.15) is 0 Å². The van der Waals surface area contributed by atoms with Crippen LogP contribution in [0.4, 0.5) is 0 Å². The van der Waals surface area contributed by atoms with E-state index in [0.717, 1.165) is 13.0 Å². The number of nitrogens with one attached hydrogen (secondary N) is 1. The first kappa shape index (κ1) is 14.8. The van der Waals surface area contributed by atoms with E-state index >= 15 is 0 Å². The Labute approximate surface area is 123 Å². The summed E-state index contributed by atoms with van der Waals surface area (Å²) in [4.78, 5) is 0. The van der Waals surface area contributed by atoms with Crippen molar-refractivity contribution in [3.8, 4) is 0 Å². The second-order valence-electron chi connectivity index (χ2n) is 5.75. The van der Waals surface area contributed by atoms with Gasteiger partial charge in [0, 0.05) is 12.6 Å². The lowest BCUT2D eigenvalue weighted by molar-refractivity contribution is 0.519. The van der Waals surface area contributed by atoms with Crippen molar-refractivity contribution in [2.75, 3.05) is 0 Å². The number of hydrogen-bond donors (Lipinski definition) is 1. The van der Waals surface area contributed by atoms with Crippen LogP contribution >= 0.6 is 0 Å². The van der Waals surface area contributed by atoms with Crippen molar-refractivity contribution in [2.24, 2.45) is 0 Å². The highest BCUT2D eigenvalue weighted by Gasteiger charge is 2.08. The molecular weight excluding hydrogens is 242 g/mol. The van der Waals surface area contributed by atoms with E-state index < -0.39 is 0 Å². The van der Waals surface area contributed by atoms with Crippen LogP contribution in [0.2, 0.25) is 0 Å². The Hall–Kier alpha value is -1.60. The highest BCUT2D eigenvalue weighted by atomic mass is 14.9. The van der Waals surface area contributed by atoms with Gasteiger partial charge in [-0.15, -0.1) is 0 Å². The minimum atomic E-state index is 0.427. The van der Waals surface area contributed by atoms with Gasteiger partial charge in [-0.25, -0.2) is 0 Å². The average molecular weight is 267 g/mol. The minimum Gasteiger partial charge on any atom is -0.306 e. The van der Waals surface area contributed by atoms with Crippen molar-refractivity contribution in [1.29, 1.82) is 0 Å². The molecule has 0 spiro atoms. The fourth-order valence-electron chi connectivity index (χ4n) is 2.71. The van der Waals surface area contributed by atoms with Crippen LogP contribution in [0.5, 0.6) is 0 Å². The van der Waals surface area contributed by atoms with E-state index in [0.29, 0.717) is 6.04 Å². The lowest BCUT2D eigenvalue weighted by Crippen LogP contribution is -2.20. The molecule has 0 amide bonds. The normalized spacial score (nSPS) is 12.4. The molecule has 0 heterocycles. The zero-order valence-electron chi connectivity index (χ0n) is 13.0. The molecule has 0 fully saturated rings. The van der Waals surface area contributed by atoms with Gasteiger partial charge in [-0.1, -0.05) is 66.1 Å². The number of benzene rings is 2. The molecule has 106 valence electrons. The smallest absolute Gasteiger partial charge is 0.0320 e. The molecule has 0 saturated carbocycles. The van der Waals surface area contributed by atoms with E-state index in [9.17, 15) is 0 Å². The molecule has 0 aliphatic carbocycles. The van der Waals surface area contributed by atoms with Crippen molar-refractivity contribution in [1.82, 2.24) is 5.32 Å². The average Bonchev–Trinajstić information content (AvgIpc) is 2.40. The molecule has 1 nitrogen and oxygen atoms in total. The third kappa shape index (κ3) is 3.94. The Balaban J connectivity index is 2.05. The van der Waals surface area contributed by atoms with E-state index in [1.54, 1.807) is 0 Å². The maximum absolute atomic E-state index is 3.68. The molecule has 0 aliphatic heterocycles. The molecule has 0 aromatic heterocycles. The summed E-state index contributed by atoms with van der Waals surface area (Å²) in [6.45, 7) is 9.61. The van der Waals surface area contributed by atoms with Gasteiger partial charge in [0.15, 0.2) is 0 Å². The van der Waals surface area contributed by atoms with Crippen LogP contribution < -0.4 is 5.32 Å². The molecular formula is C19H25N. The van der Waals surface area contributed by atoms with Crippen LogP contribution in [0.1, 0.15) is 47.2 Å². The summed E-state index contributed by atoms with van der Waals surface area (Å²) in [5, 5.41) is 3.68. The van der Waals surface area contributed by atoms with Gasteiger partial charge in [-0.3, -0.25) is 0 Å². The van der Waals surface area contributed by atoms with Gasteiger partial charge in [0.25, 0.3) is 0 Å². The van der Waals surface area contributed by atoms with Crippen LogP contribution in [-0.2, 0) is 6.54 Å². The van der Waals surface area contributed by atoms with E-state index in [4.69, 9.17) is 0 Å². The maximum atomic E-state index is 3.68. The quantitative estimate of drug-likeness (QED) is 0.816. The SMILES string of the molecule is CCC(NCc1cc(C)cc(C)c1)c1ccc(C)cc1. The first-order chi connectivity index (χ1) is 9.58. The summed E-state index contributed by atoms with van der Waals surface area (Å²) >= 11 is 0. The van der Waals surface area contributed by atoms with Crippen LogP contribution in [0.3, 0.4) is 0 Å². The molecule has 0 saturated heterocycles. The fourth-order valence-corrected chi connectivity index (χ4v) is 2.71. The Morgan fingerprint density at radius 3 is 2.00 bits per heavy atom. The van der Waals surface area contributed by atoms with Crippen LogP contribution in [0.15, 0.2) is 42.5 Å². The molecule has 1 heteroatoms. The first-order valence-corrected chi connectivity index (χ1v) is 7.45. The van der Waals surface area contributed by atoms with E-state index in [1.165, 1.54) is 27.8 Å². The molecule has 20 heavy (non-hydrogen) atoms. The zero-order chi connectivity index (χ0) is 14.5. The van der Waals surface area contributed by atoms with Crippen molar-refractivity contribution in [3.63, 3.8) is 0 Å². The van der Waals surface area contributed by atoms with Crippen LogP contribution in [0, 0.1) is 20.8 Å². The van der Waals surface area contributed by atoms with Gasteiger partial charge in [0.1, 0.15) is 0 Å². The van der Waals surface area contributed by atoms with Crippen molar-refractivity contribution in [3.05, 3.63) is 70.3 Å². The van der Waals surface area contributed by atoms with E-state index in [1.807, 2.05) is 0 Å². The van der Waals surface area contributed by atoms with Gasteiger partial charge in [-0.05, 0) is 38.3 Å². The molecule has 2 aromatic rings. The zero-order valence-corrected chi connectivity index (χ0v) is 13.0. The summed E-state index contributed by atoms with van der Waals surface area (Å²) in [6, 6.07) is 16.0. The summed E-state index contributed by atoms with van der Waals surface area (Å²) in [6.07, 6.45) is 1.11. The second-order valence-corrected chi connectivity index (χ2v) is 5.75. The Bertz CT molecular complexity index is 534. The minimum absolute atomic E-state index is 0.427. The van der Waals surface area contributed by atoms with Crippen molar-refractivity contribution < 1.29 is 0 Å². The van der Waals surface area contributed by atoms with Crippen molar-refractivity contribution in [2.45, 2.75) is 46.7 Å². The number of aryl methyl sites for hydroxylation is 3. The Morgan fingerprint density at radius 1 is 0.850 bits per heavy atom. The van der Waals surface area contributed by atoms with E-state index in [-0.39, 0.29) is 0 Å². The molecule has 2 aromatic carbocycles. The molecule has 1 atom stereocenters. The van der Waals surface area contributed by atoms with Crippen LogP contribution in [0.25, 0.3) is 0 Å². The summed E-state index contributed by atoms with van der Waals surface area (Å²) in [7, 11) is 0. The first-order valence-electron chi connectivity index (χ1n) is 7.45. The van der Waals surface area contributed by atoms with Gasteiger partial charge in [0.2, 0.25) is 0 Å².